The number of hydrogen-bond acceptors (Lipinski definition) is 3. The van der Waals surface area contributed by atoms with Gasteiger partial charge in [0, 0.05) is 32.9 Å². The fourth-order valence-electron chi connectivity index (χ4n) is 10.3. The van der Waals surface area contributed by atoms with Gasteiger partial charge in [-0.05, 0) is 95.2 Å². The number of hydrogen-bond donors (Lipinski definition) is 0. The van der Waals surface area contributed by atoms with Crippen molar-refractivity contribution in [3.8, 4) is 51.0 Å². The average molecular weight is 791 g/mol. The minimum absolute atomic E-state index is 0.129. The fourth-order valence-corrected chi connectivity index (χ4v) is 10.3. The van der Waals surface area contributed by atoms with Gasteiger partial charge < -0.3 is 0 Å². The van der Waals surface area contributed by atoms with E-state index in [1.54, 1.807) is 0 Å². The molecule has 2 aromatic heterocycles. The van der Waals surface area contributed by atoms with Crippen LogP contribution in [0.25, 0.3) is 116 Å². The van der Waals surface area contributed by atoms with Gasteiger partial charge in [0.25, 0.3) is 0 Å². The molecule has 0 bridgehead atoms. The molecule has 13 rings (SSSR count). The lowest BCUT2D eigenvalue weighted by Gasteiger charge is -2.21. The summed E-state index contributed by atoms with van der Waals surface area (Å²) >= 11 is 0. The molecule has 0 fully saturated rings. The van der Waals surface area contributed by atoms with Crippen LogP contribution in [0.5, 0.6) is 0 Å². The highest BCUT2D eigenvalue weighted by molar-refractivity contribution is 6.23. The Morgan fingerprint density at radius 2 is 0.919 bits per heavy atom. The largest absolute Gasteiger partial charge is 0.277 e. The van der Waals surface area contributed by atoms with Crippen LogP contribution in [0.15, 0.2) is 194 Å². The third-order valence-electron chi connectivity index (χ3n) is 13.4. The number of rotatable bonds is 4. The summed E-state index contributed by atoms with van der Waals surface area (Å²) in [4.78, 5) is 16.1. The van der Waals surface area contributed by atoms with Crippen molar-refractivity contribution in [2.24, 2.45) is 0 Å². The Morgan fingerprint density at radius 1 is 0.387 bits per heavy atom. The molecule has 0 radical (unpaired) electrons. The van der Waals surface area contributed by atoms with E-state index in [-0.39, 0.29) is 5.41 Å². The van der Waals surface area contributed by atoms with E-state index in [0.717, 1.165) is 49.4 Å². The second-order valence-electron chi connectivity index (χ2n) is 17.2. The first-order chi connectivity index (χ1) is 30.5. The number of aromatic nitrogens is 4. The molecule has 1 aliphatic carbocycles. The van der Waals surface area contributed by atoms with E-state index in [4.69, 9.17) is 15.0 Å². The SMILES string of the molecule is CC1(C)c2ccc(-c3cccc4c5c6ccccc6ccc5n(-c5nc(-c6ccc7ccccc7c6)nc(-c6ccc7ccccc7c6)n5)c34)cc2-c2c1ccc1ccccc21. The zero-order chi connectivity index (χ0) is 41.1. The van der Waals surface area contributed by atoms with Gasteiger partial charge in [-0.15, -0.1) is 0 Å². The average Bonchev–Trinajstić information content (AvgIpc) is 3.79. The first kappa shape index (κ1) is 34.9. The maximum absolute atomic E-state index is 5.44. The Kier molecular flexibility index (Phi) is 7.32. The smallest absolute Gasteiger partial charge is 0.238 e. The Balaban J connectivity index is 1.12. The maximum atomic E-state index is 5.44. The van der Waals surface area contributed by atoms with Crippen LogP contribution < -0.4 is 0 Å². The second-order valence-corrected chi connectivity index (χ2v) is 17.2. The summed E-state index contributed by atoms with van der Waals surface area (Å²) in [5.74, 6) is 1.83. The Hall–Kier alpha value is -7.95. The summed E-state index contributed by atoms with van der Waals surface area (Å²) in [5.41, 5.74) is 11.5. The highest BCUT2D eigenvalue weighted by Crippen LogP contribution is 2.53. The maximum Gasteiger partial charge on any atom is 0.238 e. The van der Waals surface area contributed by atoms with Crippen molar-refractivity contribution in [2.45, 2.75) is 19.3 Å². The topological polar surface area (TPSA) is 43.6 Å². The van der Waals surface area contributed by atoms with Crippen molar-refractivity contribution in [1.82, 2.24) is 19.5 Å². The molecular weight excluding hydrogens is 753 g/mol. The first-order valence-electron chi connectivity index (χ1n) is 21.4. The molecule has 0 saturated carbocycles. The molecule has 0 saturated heterocycles. The summed E-state index contributed by atoms with van der Waals surface area (Å²) in [6, 6.07) is 70.2. The molecule has 0 N–H and O–H groups in total. The predicted octanol–water partition coefficient (Wildman–Crippen LogP) is 14.9. The highest BCUT2D eigenvalue weighted by Gasteiger charge is 2.36. The van der Waals surface area contributed by atoms with Crippen molar-refractivity contribution in [3.05, 3.63) is 205 Å². The molecule has 1 aliphatic rings. The lowest BCUT2D eigenvalue weighted by molar-refractivity contribution is 0.661. The van der Waals surface area contributed by atoms with Gasteiger partial charge in [-0.25, -0.2) is 4.98 Å². The van der Waals surface area contributed by atoms with Gasteiger partial charge in [-0.3, -0.25) is 4.57 Å². The van der Waals surface area contributed by atoms with Crippen LogP contribution in [0, 0.1) is 0 Å². The van der Waals surface area contributed by atoms with Gasteiger partial charge >= 0.3 is 0 Å². The van der Waals surface area contributed by atoms with Crippen molar-refractivity contribution in [3.63, 3.8) is 0 Å². The van der Waals surface area contributed by atoms with E-state index in [0.29, 0.717) is 17.6 Å². The second kappa shape index (κ2) is 13.0. The van der Waals surface area contributed by atoms with E-state index >= 15 is 0 Å². The van der Waals surface area contributed by atoms with Gasteiger partial charge in [0.2, 0.25) is 5.95 Å². The third kappa shape index (κ3) is 5.10. The molecule has 0 unspecified atom stereocenters. The molecule has 0 aliphatic heterocycles. The fraction of sp³-hybridized carbons (Fsp3) is 0.0517. The molecule has 0 spiro atoms. The van der Waals surface area contributed by atoms with Crippen LogP contribution in [-0.2, 0) is 5.41 Å². The zero-order valence-corrected chi connectivity index (χ0v) is 34.3. The quantitative estimate of drug-likeness (QED) is 0.178. The monoisotopic (exact) mass is 790 g/mol. The predicted molar refractivity (Wildman–Crippen MR) is 258 cm³/mol. The Bertz CT molecular complexity index is 3760. The number of nitrogens with zero attached hydrogens (tertiary/aromatic N) is 4. The van der Waals surface area contributed by atoms with Crippen molar-refractivity contribution < 1.29 is 0 Å². The van der Waals surface area contributed by atoms with Gasteiger partial charge in [0.15, 0.2) is 11.6 Å². The van der Waals surface area contributed by atoms with Gasteiger partial charge in [0.1, 0.15) is 0 Å². The van der Waals surface area contributed by atoms with E-state index in [2.05, 4.69) is 213 Å². The summed E-state index contributed by atoms with van der Waals surface area (Å²) in [6.45, 7) is 4.72. The lowest BCUT2D eigenvalue weighted by atomic mass is 9.82. The number of fused-ring (bicyclic) bond motifs is 12. The van der Waals surface area contributed by atoms with Crippen LogP contribution in [-0.4, -0.2) is 19.5 Å². The molecule has 0 atom stereocenters. The summed E-state index contributed by atoms with van der Waals surface area (Å²) in [7, 11) is 0. The Morgan fingerprint density at radius 3 is 1.61 bits per heavy atom. The van der Waals surface area contributed by atoms with Crippen molar-refractivity contribution >= 4 is 64.9 Å². The van der Waals surface area contributed by atoms with Gasteiger partial charge in [-0.1, -0.05) is 184 Å². The van der Waals surface area contributed by atoms with Crippen LogP contribution >= 0.6 is 0 Å². The van der Waals surface area contributed by atoms with Crippen LogP contribution in [0.4, 0.5) is 0 Å². The van der Waals surface area contributed by atoms with Crippen LogP contribution in [0.2, 0.25) is 0 Å². The van der Waals surface area contributed by atoms with Crippen LogP contribution in [0.3, 0.4) is 0 Å². The minimum atomic E-state index is -0.129. The molecular formula is C58H38N4. The molecule has 0 amide bonds. The lowest BCUT2D eigenvalue weighted by Crippen LogP contribution is -2.14. The minimum Gasteiger partial charge on any atom is -0.277 e. The number of para-hydroxylation sites is 1. The molecule has 2 heterocycles. The van der Waals surface area contributed by atoms with Gasteiger partial charge in [-0.2, -0.15) is 9.97 Å². The van der Waals surface area contributed by atoms with Crippen molar-refractivity contribution in [2.75, 3.05) is 0 Å². The first-order valence-corrected chi connectivity index (χ1v) is 21.4. The van der Waals surface area contributed by atoms with E-state index in [1.165, 1.54) is 60.0 Å². The van der Waals surface area contributed by atoms with E-state index in [9.17, 15) is 0 Å². The molecule has 10 aromatic carbocycles. The van der Waals surface area contributed by atoms with Crippen molar-refractivity contribution in [1.29, 1.82) is 0 Å². The normalized spacial score (nSPS) is 13.1. The van der Waals surface area contributed by atoms with E-state index < -0.39 is 0 Å². The zero-order valence-electron chi connectivity index (χ0n) is 34.3. The molecule has 4 heteroatoms. The van der Waals surface area contributed by atoms with Gasteiger partial charge in [0.05, 0.1) is 11.0 Å². The highest BCUT2D eigenvalue weighted by atomic mass is 15.2. The molecule has 12 aromatic rings. The molecule has 290 valence electrons. The van der Waals surface area contributed by atoms with Crippen LogP contribution in [0.1, 0.15) is 25.0 Å². The summed E-state index contributed by atoms with van der Waals surface area (Å²) in [5, 5.41) is 11.9. The van der Waals surface area contributed by atoms with E-state index in [1.807, 2.05) is 0 Å². The molecule has 62 heavy (non-hydrogen) atoms. The molecule has 4 nitrogen and oxygen atoms in total. The standard InChI is InChI=1S/C58H38N4/c1-58(2)49-29-27-41(34-48(49)52-44-18-9-7-14-37(44)26-30-50(52)58)46-20-11-21-47-53-45-19-10-8-15-38(45)28-31-51(53)62(54(46)47)57-60-55(42-24-22-35-12-3-5-16-39(35)32-42)59-56(61-57)43-25-23-36-13-4-6-17-40(36)33-43/h3-34H,1-2H3. The summed E-state index contributed by atoms with van der Waals surface area (Å²) < 4.78 is 2.30. The third-order valence-corrected chi connectivity index (χ3v) is 13.4. The summed E-state index contributed by atoms with van der Waals surface area (Å²) in [6.07, 6.45) is 0. The Labute approximate surface area is 358 Å². The number of benzene rings is 10.